The topological polar surface area (TPSA) is 92.7 Å². The maximum atomic E-state index is 12.4. The normalized spacial score (nSPS) is 12.9. The minimum Gasteiger partial charge on any atom is -0.495 e. The molecule has 8 heteroatoms. The molecule has 0 saturated heterocycles. The molecule has 0 radical (unpaired) electrons. The molecule has 0 aliphatic heterocycles. The van der Waals surface area contributed by atoms with Gasteiger partial charge in [0.2, 0.25) is 10.0 Å². The van der Waals surface area contributed by atoms with Gasteiger partial charge in [-0.1, -0.05) is 6.07 Å². The van der Waals surface area contributed by atoms with Gasteiger partial charge in [0, 0.05) is 0 Å². The van der Waals surface area contributed by atoms with E-state index in [1.165, 1.54) is 24.9 Å². The van der Waals surface area contributed by atoms with E-state index in [1.54, 1.807) is 19.1 Å². The molecule has 0 spiro atoms. The molecule has 0 saturated carbocycles. The second-order valence-corrected chi connectivity index (χ2v) is 7.12. The molecule has 0 aliphatic rings. The van der Waals surface area contributed by atoms with Crippen LogP contribution in [0.5, 0.6) is 5.75 Å². The van der Waals surface area contributed by atoms with E-state index in [4.69, 9.17) is 9.84 Å². The van der Waals surface area contributed by atoms with Gasteiger partial charge in [-0.15, -0.1) is 0 Å². The first-order valence-electron chi connectivity index (χ1n) is 6.20. The van der Waals surface area contributed by atoms with Gasteiger partial charge in [-0.05, 0) is 43.0 Å². The van der Waals surface area contributed by atoms with E-state index in [2.05, 4.69) is 4.72 Å². The van der Waals surface area contributed by atoms with Crippen molar-refractivity contribution in [2.75, 3.05) is 19.1 Å². The zero-order valence-corrected chi connectivity index (χ0v) is 13.8. The van der Waals surface area contributed by atoms with E-state index in [0.717, 1.165) is 5.56 Å². The number of carboxylic acid groups (broad SMARTS) is 1. The van der Waals surface area contributed by atoms with Crippen molar-refractivity contribution < 1.29 is 23.1 Å². The monoisotopic (exact) mass is 333 g/mol. The van der Waals surface area contributed by atoms with Crippen molar-refractivity contribution in [3.05, 3.63) is 23.8 Å². The number of aliphatic carboxylic acids is 1. The highest BCUT2D eigenvalue weighted by Gasteiger charge is 2.27. The fourth-order valence-corrected chi connectivity index (χ4v) is 3.66. The molecular formula is C13H19NO5S2. The van der Waals surface area contributed by atoms with Gasteiger partial charge in [0.05, 0.1) is 7.11 Å². The zero-order chi connectivity index (χ0) is 16.0. The van der Waals surface area contributed by atoms with Crippen LogP contribution >= 0.6 is 11.8 Å². The molecule has 6 nitrogen and oxygen atoms in total. The van der Waals surface area contributed by atoms with Crippen LogP contribution < -0.4 is 9.46 Å². The van der Waals surface area contributed by atoms with Crippen LogP contribution in [-0.4, -0.2) is 44.7 Å². The van der Waals surface area contributed by atoms with Crippen molar-refractivity contribution in [3.8, 4) is 5.75 Å². The van der Waals surface area contributed by atoms with Gasteiger partial charge < -0.3 is 9.84 Å². The van der Waals surface area contributed by atoms with Crippen LogP contribution in [-0.2, 0) is 14.8 Å². The number of aryl methyl sites for hydroxylation is 1. The minimum absolute atomic E-state index is 0.0552. The molecular weight excluding hydrogens is 314 g/mol. The summed E-state index contributed by atoms with van der Waals surface area (Å²) >= 11 is 1.46. The highest BCUT2D eigenvalue weighted by atomic mass is 32.2. The first-order valence-corrected chi connectivity index (χ1v) is 9.08. The molecule has 21 heavy (non-hydrogen) atoms. The third-order valence-corrected chi connectivity index (χ3v) is 4.95. The standard InChI is InChI=1S/C13H19NO5S2/c1-9-4-5-11(19-2)12(8-9)21(17,18)14-10(13(15)16)6-7-20-3/h4-5,8,10,14H,6-7H2,1-3H3,(H,15,16)/t10-/m0/s1. The first kappa shape index (κ1) is 17.8. The quantitative estimate of drug-likeness (QED) is 0.749. The van der Waals surface area contributed by atoms with Crippen molar-refractivity contribution >= 4 is 27.8 Å². The Morgan fingerprint density at radius 2 is 2.14 bits per heavy atom. The van der Waals surface area contributed by atoms with Crippen molar-refractivity contribution in [3.63, 3.8) is 0 Å². The second kappa shape index (κ2) is 7.67. The summed E-state index contributed by atoms with van der Waals surface area (Å²) in [7, 11) is -2.60. The number of carboxylic acids is 1. The van der Waals surface area contributed by atoms with E-state index in [9.17, 15) is 13.2 Å². The van der Waals surface area contributed by atoms with E-state index < -0.39 is 22.0 Å². The summed E-state index contributed by atoms with van der Waals surface area (Å²) in [6.07, 6.45) is 2.04. The molecule has 0 aliphatic carbocycles. The van der Waals surface area contributed by atoms with Gasteiger partial charge in [0.25, 0.3) is 0 Å². The number of ether oxygens (including phenoxy) is 1. The molecule has 2 N–H and O–H groups in total. The predicted octanol–water partition coefficient (Wildman–Crippen LogP) is 1.49. The highest BCUT2D eigenvalue weighted by Crippen LogP contribution is 2.25. The van der Waals surface area contributed by atoms with Crippen LogP contribution in [0, 0.1) is 6.92 Å². The van der Waals surface area contributed by atoms with Gasteiger partial charge >= 0.3 is 5.97 Å². The molecule has 1 aromatic carbocycles. The molecule has 0 amide bonds. The van der Waals surface area contributed by atoms with Crippen LogP contribution in [0.4, 0.5) is 0 Å². The van der Waals surface area contributed by atoms with Gasteiger partial charge in [-0.3, -0.25) is 4.79 Å². The molecule has 0 bridgehead atoms. The highest BCUT2D eigenvalue weighted by molar-refractivity contribution is 7.98. The summed E-state index contributed by atoms with van der Waals surface area (Å²) in [5.41, 5.74) is 0.743. The number of hydrogen-bond donors (Lipinski definition) is 2. The Bertz CT molecular complexity index is 601. The van der Waals surface area contributed by atoms with Crippen LogP contribution in [0.15, 0.2) is 23.1 Å². The average Bonchev–Trinajstić information content (AvgIpc) is 2.43. The summed E-state index contributed by atoms with van der Waals surface area (Å²) in [5.74, 6) is -0.467. The second-order valence-electron chi connectivity index (χ2n) is 4.45. The number of carbonyl (C=O) groups is 1. The zero-order valence-electron chi connectivity index (χ0n) is 12.1. The number of rotatable bonds is 8. The van der Waals surface area contributed by atoms with Crippen molar-refractivity contribution in [2.45, 2.75) is 24.3 Å². The van der Waals surface area contributed by atoms with Crippen LogP contribution in [0.25, 0.3) is 0 Å². The van der Waals surface area contributed by atoms with Crippen LogP contribution in [0.2, 0.25) is 0 Å². The largest absolute Gasteiger partial charge is 0.495 e. The van der Waals surface area contributed by atoms with Crippen LogP contribution in [0.1, 0.15) is 12.0 Å². The summed E-state index contributed by atoms with van der Waals surface area (Å²) < 4.78 is 32.0. The smallest absolute Gasteiger partial charge is 0.321 e. The maximum absolute atomic E-state index is 12.4. The van der Waals surface area contributed by atoms with Crippen LogP contribution in [0.3, 0.4) is 0 Å². The number of sulfonamides is 1. The fourth-order valence-electron chi connectivity index (χ4n) is 1.71. The average molecular weight is 333 g/mol. The fraction of sp³-hybridized carbons (Fsp3) is 0.462. The van der Waals surface area contributed by atoms with E-state index in [-0.39, 0.29) is 17.1 Å². The van der Waals surface area contributed by atoms with E-state index in [0.29, 0.717) is 5.75 Å². The summed E-state index contributed by atoms with van der Waals surface area (Å²) in [4.78, 5) is 11.1. The lowest BCUT2D eigenvalue weighted by Gasteiger charge is -2.16. The molecule has 0 fully saturated rings. The Labute approximate surface area is 128 Å². The minimum atomic E-state index is -3.97. The lowest BCUT2D eigenvalue weighted by molar-refractivity contribution is -0.139. The number of benzene rings is 1. The molecule has 0 unspecified atom stereocenters. The Balaban J connectivity index is 3.09. The first-order chi connectivity index (χ1) is 9.81. The van der Waals surface area contributed by atoms with E-state index >= 15 is 0 Å². The van der Waals surface area contributed by atoms with E-state index in [1.807, 2.05) is 6.26 Å². The third kappa shape index (κ3) is 4.90. The maximum Gasteiger partial charge on any atom is 0.321 e. The summed E-state index contributed by atoms with van der Waals surface area (Å²) in [6, 6.07) is 3.56. The van der Waals surface area contributed by atoms with Crippen molar-refractivity contribution in [1.82, 2.24) is 4.72 Å². The molecule has 0 heterocycles. The SMILES string of the molecule is COc1ccc(C)cc1S(=O)(=O)N[C@@H](CCSC)C(=O)O. The predicted molar refractivity (Wildman–Crippen MR) is 82.5 cm³/mol. The molecule has 1 aromatic rings. The lowest BCUT2D eigenvalue weighted by atomic mass is 10.2. The Morgan fingerprint density at radius 1 is 1.48 bits per heavy atom. The molecule has 118 valence electrons. The lowest BCUT2D eigenvalue weighted by Crippen LogP contribution is -2.41. The number of hydrogen-bond acceptors (Lipinski definition) is 5. The summed E-state index contributed by atoms with van der Waals surface area (Å²) in [5, 5.41) is 9.12. The van der Waals surface area contributed by atoms with Gasteiger partial charge in [-0.2, -0.15) is 16.5 Å². The molecule has 1 rings (SSSR count). The Morgan fingerprint density at radius 3 is 2.67 bits per heavy atom. The van der Waals surface area contributed by atoms with Gasteiger partial charge in [0.15, 0.2) is 0 Å². The Hall–Kier alpha value is -1.25. The molecule has 0 aromatic heterocycles. The van der Waals surface area contributed by atoms with Crippen molar-refractivity contribution in [2.24, 2.45) is 0 Å². The number of thioether (sulfide) groups is 1. The number of nitrogens with one attached hydrogen (secondary N) is 1. The number of methoxy groups -OCH3 is 1. The third-order valence-electron chi connectivity index (χ3n) is 2.81. The van der Waals surface area contributed by atoms with Crippen molar-refractivity contribution in [1.29, 1.82) is 0 Å². The van der Waals surface area contributed by atoms with Gasteiger partial charge in [0.1, 0.15) is 16.7 Å². The Kier molecular flexibility index (Phi) is 6.50. The molecule has 1 atom stereocenters. The summed E-state index contributed by atoms with van der Waals surface area (Å²) in [6.45, 7) is 1.75. The van der Waals surface area contributed by atoms with Gasteiger partial charge in [-0.25, -0.2) is 8.42 Å².